The lowest BCUT2D eigenvalue weighted by atomic mass is 9.97. The number of thiophene rings is 1. The van der Waals surface area contributed by atoms with Crippen LogP contribution in [0.2, 0.25) is 0 Å². The number of hydrazone groups is 1. The summed E-state index contributed by atoms with van der Waals surface area (Å²) in [7, 11) is 0. The lowest BCUT2D eigenvalue weighted by Gasteiger charge is -2.27. The zero-order valence-corrected chi connectivity index (χ0v) is 16.5. The van der Waals surface area contributed by atoms with Gasteiger partial charge in [0.25, 0.3) is 11.5 Å². The van der Waals surface area contributed by atoms with E-state index in [1.165, 1.54) is 16.5 Å². The summed E-state index contributed by atoms with van der Waals surface area (Å²) in [6.07, 6.45) is 4.13. The third-order valence-corrected chi connectivity index (χ3v) is 6.38. The first kappa shape index (κ1) is 17.1. The Morgan fingerprint density at radius 2 is 1.93 bits per heavy atom. The van der Waals surface area contributed by atoms with Crippen LogP contribution in [0.3, 0.4) is 0 Å². The molecule has 1 aliphatic carbocycles. The summed E-state index contributed by atoms with van der Waals surface area (Å²) >= 11 is 1.60. The number of aryl methyl sites for hydroxylation is 3. The number of nitrogens with zero attached hydrogens (tertiary/aromatic N) is 4. The molecule has 0 saturated carbocycles. The monoisotopic (exact) mass is 393 g/mol. The number of fused-ring (bicyclic) bond motifs is 4. The molecule has 0 unspecified atom stereocenters. The second kappa shape index (κ2) is 6.27. The van der Waals surface area contributed by atoms with Crippen LogP contribution in [0.25, 0.3) is 10.2 Å². The molecule has 1 aliphatic heterocycles. The first-order chi connectivity index (χ1) is 13.5. The number of anilines is 2. The van der Waals surface area contributed by atoms with Gasteiger partial charge in [0.2, 0.25) is 5.84 Å². The maximum absolute atomic E-state index is 13.4. The van der Waals surface area contributed by atoms with Gasteiger partial charge < -0.3 is 0 Å². The summed E-state index contributed by atoms with van der Waals surface area (Å²) in [5, 5.41) is 6.66. The van der Waals surface area contributed by atoms with Crippen LogP contribution in [0.5, 0.6) is 0 Å². The fourth-order valence-corrected chi connectivity index (χ4v) is 4.97. The molecular weight excluding hydrogens is 374 g/mol. The summed E-state index contributed by atoms with van der Waals surface area (Å²) in [5.41, 5.74) is 5.67. The molecule has 3 aromatic rings. The third-order valence-electron chi connectivity index (χ3n) is 5.19. The average molecular weight is 393 g/mol. The zero-order chi connectivity index (χ0) is 19.4. The summed E-state index contributed by atoms with van der Waals surface area (Å²) in [5.74, 6) is 0.229. The number of nitrogens with one attached hydrogen (secondary N) is 1. The van der Waals surface area contributed by atoms with Gasteiger partial charge in [0.15, 0.2) is 5.78 Å². The Hall–Kier alpha value is -3.00. The molecule has 5 rings (SSSR count). The van der Waals surface area contributed by atoms with Crippen molar-refractivity contribution in [2.75, 3.05) is 10.4 Å². The van der Waals surface area contributed by atoms with E-state index in [2.05, 4.69) is 10.5 Å². The van der Waals surface area contributed by atoms with Gasteiger partial charge in [-0.15, -0.1) is 16.4 Å². The van der Waals surface area contributed by atoms with Crippen molar-refractivity contribution in [3.05, 3.63) is 50.6 Å². The van der Waals surface area contributed by atoms with Crippen LogP contribution in [0.1, 0.15) is 35.8 Å². The van der Waals surface area contributed by atoms with Crippen LogP contribution in [-0.4, -0.2) is 21.3 Å². The second-order valence-corrected chi connectivity index (χ2v) is 8.29. The van der Waals surface area contributed by atoms with Gasteiger partial charge in [-0.1, -0.05) is 17.7 Å². The van der Waals surface area contributed by atoms with E-state index in [-0.39, 0.29) is 17.2 Å². The Morgan fingerprint density at radius 3 is 2.68 bits per heavy atom. The molecule has 1 aromatic carbocycles. The van der Waals surface area contributed by atoms with Gasteiger partial charge >= 0.3 is 0 Å². The average Bonchev–Trinajstić information content (AvgIpc) is 3.07. The predicted octanol–water partition coefficient (Wildman–Crippen LogP) is 3.24. The Bertz CT molecular complexity index is 1210. The van der Waals surface area contributed by atoms with Gasteiger partial charge in [0.05, 0.1) is 11.1 Å². The van der Waals surface area contributed by atoms with E-state index in [1.807, 2.05) is 31.2 Å². The maximum atomic E-state index is 13.4. The summed E-state index contributed by atoms with van der Waals surface area (Å²) in [6, 6.07) is 7.74. The fourth-order valence-electron chi connectivity index (χ4n) is 3.72. The molecule has 3 heterocycles. The van der Waals surface area contributed by atoms with E-state index < -0.39 is 0 Å². The quantitative estimate of drug-likeness (QED) is 0.723. The summed E-state index contributed by atoms with van der Waals surface area (Å²) in [6.45, 7) is 3.43. The van der Waals surface area contributed by atoms with Crippen LogP contribution in [0, 0.1) is 6.92 Å². The molecule has 1 N–H and O–H groups in total. The van der Waals surface area contributed by atoms with E-state index in [4.69, 9.17) is 4.98 Å². The Balaban J connectivity index is 1.77. The number of benzene rings is 1. The highest BCUT2D eigenvalue weighted by molar-refractivity contribution is 7.18. The van der Waals surface area contributed by atoms with Gasteiger partial charge in [-0.25, -0.2) is 0 Å². The van der Waals surface area contributed by atoms with Gasteiger partial charge in [0.1, 0.15) is 4.83 Å². The van der Waals surface area contributed by atoms with Crippen molar-refractivity contribution < 1.29 is 4.79 Å². The number of hydrogen-bond donors (Lipinski definition) is 1. The molecule has 2 aliphatic rings. The molecule has 0 fully saturated rings. The molecule has 8 heteroatoms. The predicted molar refractivity (Wildman–Crippen MR) is 111 cm³/mol. The molecule has 28 heavy (non-hydrogen) atoms. The minimum atomic E-state index is -0.248. The molecule has 0 amide bonds. The maximum Gasteiger partial charge on any atom is 0.283 e. The molecule has 7 nitrogen and oxygen atoms in total. The summed E-state index contributed by atoms with van der Waals surface area (Å²) < 4.78 is 1.35. The normalized spacial score (nSPS) is 15.6. The largest absolute Gasteiger partial charge is 0.291 e. The van der Waals surface area contributed by atoms with Crippen molar-refractivity contribution in [3.8, 4) is 0 Å². The minimum absolute atomic E-state index is 0.112. The highest BCUT2D eigenvalue weighted by atomic mass is 32.1. The number of amidine groups is 1. The molecule has 142 valence electrons. The Labute approximate surface area is 165 Å². The number of aromatic nitrogens is 2. The van der Waals surface area contributed by atoms with Crippen molar-refractivity contribution in [1.82, 2.24) is 9.66 Å². The first-order valence-electron chi connectivity index (χ1n) is 9.33. The Kier molecular flexibility index (Phi) is 3.83. The molecule has 0 atom stereocenters. The molecular formula is C20H19N5O2S. The topological polar surface area (TPSA) is 79.6 Å². The Morgan fingerprint density at radius 1 is 1.18 bits per heavy atom. The van der Waals surface area contributed by atoms with Crippen LogP contribution >= 0.6 is 11.3 Å². The van der Waals surface area contributed by atoms with Crippen molar-refractivity contribution in [2.45, 2.75) is 39.5 Å². The van der Waals surface area contributed by atoms with E-state index >= 15 is 0 Å². The molecule has 0 radical (unpaired) electrons. The first-order valence-corrected chi connectivity index (χ1v) is 10.2. The van der Waals surface area contributed by atoms with E-state index in [1.54, 1.807) is 16.3 Å². The van der Waals surface area contributed by atoms with Gasteiger partial charge in [0, 0.05) is 11.8 Å². The minimum Gasteiger partial charge on any atom is -0.291 e. The lowest BCUT2D eigenvalue weighted by Crippen LogP contribution is -2.44. The highest BCUT2D eigenvalue weighted by Crippen LogP contribution is 2.35. The smallest absolute Gasteiger partial charge is 0.283 e. The number of Topliss-reactive ketones (excluding diaryl/α,β-unsaturated/α-hetero) is 1. The van der Waals surface area contributed by atoms with Crippen LogP contribution in [0.15, 0.2) is 34.2 Å². The third kappa shape index (κ3) is 2.56. The molecule has 0 spiro atoms. The highest BCUT2D eigenvalue weighted by Gasteiger charge is 2.29. The van der Waals surface area contributed by atoms with Gasteiger partial charge in [-0.2, -0.15) is 14.7 Å². The SMILES string of the molecule is CC(=O)C1=NN(c2ccc(C)cc2)c2nc3sc4c(c3c(=O)n2N1)CCCC4. The van der Waals surface area contributed by atoms with Crippen LogP contribution in [0.4, 0.5) is 11.6 Å². The lowest BCUT2D eigenvalue weighted by molar-refractivity contribution is -0.111. The number of carbonyl (C=O) groups is 1. The molecule has 0 saturated heterocycles. The van der Waals surface area contributed by atoms with Crippen molar-refractivity contribution in [2.24, 2.45) is 5.10 Å². The molecule has 2 aromatic heterocycles. The number of ketones is 1. The van der Waals surface area contributed by atoms with Crippen molar-refractivity contribution >= 4 is 44.8 Å². The zero-order valence-electron chi connectivity index (χ0n) is 15.7. The van der Waals surface area contributed by atoms with Crippen LogP contribution < -0.4 is 16.0 Å². The van der Waals surface area contributed by atoms with E-state index in [0.717, 1.165) is 47.3 Å². The summed E-state index contributed by atoms with van der Waals surface area (Å²) in [4.78, 5) is 32.2. The van der Waals surface area contributed by atoms with E-state index in [0.29, 0.717) is 11.3 Å². The van der Waals surface area contributed by atoms with Crippen molar-refractivity contribution in [1.29, 1.82) is 0 Å². The van der Waals surface area contributed by atoms with Crippen molar-refractivity contribution in [3.63, 3.8) is 0 Å². The number of carbonyl (C=O) groups excluding carboxylic acids is 1. The van der Waals surface area contributed by atoms with E-state index in [9.17, 15) is 9.59 Å². The molecule has 0 bridgehead atoms. The second-order valence-electron chi connectivity index (χ2n) is 7.21. The fraction of sp³-hybridized carbons (Fsp3) is 0.300. The van der Waals surface area contributed by atoms with Crippen LogP contribution in [-0.2, 0) is 17.6 Å². The van der Waals surface area contributed by atoms with Gasteiger partial charge in [-0.05, 0) is 50.3 Å². The van der Waals surface area contributed by atoms with Gasteiger partial charge in [-0.3, -0.25) is 15.0 Å². The standard InChI is InChI=1S/C20H19N5O2S/c1-11-7-9-13(10-8-11)24-20-21-18-16(14-5-3-4-6-15(14)28-18)19(27)25(20)23-17(22-24)12(2)26/h7-10H,3-6H2,1-2H3,(H,22,23). The number of hydrogen-bond acceptors (Lipinski definition) is 7. The number of rotatable bonds is 2.